The van der Waals surface area contributed by atoms with Crippen molar-refractivity contribution < 1.29 is 0 Å². The van der Waals surface area contributed by atoms with Crippen LogP contribution in [-0.4, -0.2) is 0 Å². The first-order valence-corrected chi connectivity index (χ1v) is 5.65. The van der Waals surface area contributed by atoms with Gasteiger partial charge in [0.1, 0.15) is 0 Å². The maximum atomic E-state index is 5.99. The summed E-state index contributed by atoms with van der Waals surface area (Å²) in [6.07, 6.45) is 0. The molecule has 0 radical (unpaired) electrons. The molecule has 0 saturated heterocycles. The monoisotopic (exact) mass is 251 g/mol. The van der Waals surface area contributed by atoms with Crippen LogP contribution in [0.2, 0.25) is 10.0 Å². The van der Waals surface area contributed by atoms with E-state index in [1.165, 1.54) is 0 Å². The first kappa shape index (κ1) is 11.3. The molecule has 0 aromatic heterocycles. The lowest BCUT2D eigenvalue weighted by molar-refractivity contribution is 1.46. The van der Waals surface area contributed by atoms with E-state index in [2.05, 4.69) is 0 Å². The van der Waals surface area contributed by atoms with Crippen molar-refractivity contribution in [2.45, 2.75) is 6.92 Å². The van der Waals surface area contributed by atoms with Crippen LogP contribution >= 0.6 is 23.2 Å². The molecule has 0 spiro atoms. The molecule has 0 amide bonds. The molecule has 0 aliphatic carbocycles. The number of hydrogen-bond donors (Lipinski definition) is 1. The second-order valence-corrected chi connectivity index (χ2v) is 4.52. The molecular weight excluding hydrogens is 241 g/mol. The Kier molecular flexibility index (Phi) is 3.08. The average Bonchev–Trinajstić information content (AvgIpc) is 2.22. The smallest absolute Gasteiger partial charge is 0.0598 e. The lowest BCUT2D eigenvalue weighted by atomic mass is 10.0. The van der Waals surface area contributed by atoms with Crippen molar-refractivity contribution >= 4 is 28.9 Å². The Labute approximate surface area is 105 Å². The summed E-state index contributed by atoms with van der Waals surface area (Å²) >= 11 is 11.9. The van der Waals surface area contributed by atoms with Crippen LogP contribution in [0.4, 0.5) is 5.69 Å². The molecule has 16 heavy (non-hydrogen) atoms. The largest absolute Gasteiger partial charge is 0.399 e. The number of rotatable bonds is 1. The predicted octanol–water partition coefficient (Wildman–Crippen LogP) is 4.55. The lowest BCUT2D eigenvalue weighted by Crippen LogP contribution is -1.88. The number of benzene rings is 2. The van der Waals surface area contributed by atoms with Gasteiger partial charge in [0.25, 0.3) is 0 Å². The fourth-order valence-corrected chi connectivity index (χ4v) is 1.97. The quantitative estimate of drug-likeness (QED) is 0.740. The van der Waals surface area contributed by atoms with Gasteiger partial charge in [-0.25, -0.2) is 0 Å². The van der Waals surface area contributed by atoms with Gasteiger partial charge in [-0.2, -0.15) is 0 Å². The molecular formula is C13H11Cl2N. The van der Waals surface area contributed by atoms with E-state index in [4.69, 9.17) is 28.9 Å². The van der Waals surface area contributed by atoms with Crippen LogP contribution in [0, 0.1) is 6.92 Å². The molecule has 0 bridgehead atoms. The first-order valence-electron chi connectivity index (χ1n) is 4.89. The summed E-state index contributed by atoms with van der Waals surface area (Å²) in [5.41, 5.74) is 9.77. The summed E-state index contributed by atoms with van der Waals surface area (Å²) < 4.78 is 0. The van der Waals surface area contributed by atoms with Crippen molar-refractivity contribution in [2.24, 2.45) is 0 Å². The van der Waals surface area contributed by atoms with E-state index in [0.29, 0.717) is 10.0 Å². The number of nitrogens with two attached hydrogens (primary N) is 1. The zero-order valence-corrected chi connectivity index (χ0v) is 10.3. The van der Waals surface area contributed by atoms with E-state index in [1.54, 1.807) is 6.07 Å². The van der Waals surface area contributed by atoms with Crippen LogP contribution in [0.25, 0.3) is 11.1 Å². The van der Waals surface area contributed by atoms with Crippen LogP contribution in [0.5, 0.6) is 0 Å². The molecule has 0 saturated carbocycles. The highest BCUT2D eigenvalue weighted by Crippen LogP contribution is 2.30. The number of anilines is 1. The molecule has 2 aromatic rings. The Balaban J connectivity index is 2.54. The minimum absolute atomic E-state index is 0.565. The molecule has 0 fully saturated rings. The van der Waals surface area contributed by atoms with Crippen molar-refractivity contribution in [1.82, 2.24) is 0 Å². The second-order valence-electron chi connectivity index (χ2n) is 3.70. The second kappa shape index (κ2) is 4.36. The first-order chi connectivity index (χ1) is 7.58. The molecule has 0 aliphatic rings. The van der Waals surface area contributed by atoms with E-state index < -0.39 is 0 Å². The van der Waals surface area contributed by atoms with Crippen molar-refractivity contribution in [3.8, 4) is 11.1 Å². The lowest BCUT2D eigenvalue weighted by Gasteiger charge is -2.08. The molecule has 3 heteroatoms. The summed E-state index contributed by atoms with van der Waals surface area (Å²) in [4.78, 5) is 0. The van der Waals surface area contributed by atoms with E-state index in [1.807, 2.05) is 37.3 Å². The van der Waals surface area contributed by atoms with Gasteiger partial charge >= 0.3 is 0 Å². The highest BCUT2D eigenvalue weighted by Gasteiger charge is 2.04. The minimum Gasteiger partial charge on any atom is -0.399 e. The Morgan fingerprint density at radius 1 is 0.938 bits per heavy atom. The molecule has 0 heterocycles. The van der Waals surface area contributed by atoms with Gasteiger partial charge in [-0.1, -0.05) is 35.3 Å². The normalized spacial score (nSPS) is 10.4. The zero-order valence-electron chi connectivity index (χ0n) is 8.80. The number of halogens is 2. The van der Waals surface area contributed by atoms with Crippen LogP contribution in [0.3, 0.4) is 0 Å². The van der Waals surface area contributed by atoms with Gasteiger partial charge in [0, 0.05) is 5.69 Å². The summed E-state index contributed by atoms with van der Waals surface area (Å²) in [5.74, 6) is 0. The third-order valence-electron chi connectivity index (χ3n) is 2.48. The summed E-state index contributed by atoms with van der Waals surface area (Å²) in [6.45, 7) is 2.02. The van der Waals surface area contributed by atoms with Gasteiger partial charge in [0.05, 0.1) is 10.0 Å². The van der Waals surface area contributed by atoms with Gasteiger partial charge < -0.3 is 5.73 Å². The summed E-state index contributed by atoms with van der Waals surface area (Å²) in [6, 6.07) is 11.4. The Morgan fingerprint density at radius 2 is 1.69 bits per heavy atom. The van der Waals surface area contributed by atoms with E-state index in [9.17, 15) is 0 Å². The summed E-state index contributed by atoms with van der Waals surface area (Å²) in [7, 11) is 0. The molecule has 1 nitrogen and oxygen atoms in total. The number of aryl methyl sites for hydroxylation is 1. The number of hydrogen-bond acceptors (Lipinski definition) is 1. The molecule has 0 unspecified atom stereocenters. The third kappa shape index (κ3) is 2.16. The molecule has 82 valence electrons. The van der Waals surface area contributed by atoms with Crippen LogP contribution in [0.15, 0.2) is 36.4 Å². The van der Waals surface area contributed by atoms with Crippen LogP contribution in [0.1, 0.15) is 5.56 Å². The highest BCUT2D eigenvalue weighted by atomic mass is 35.5. The summed E-state index contributed by atoms with van der Waals surface area (Å²) in [5, 5.41) is 1.13. The zero-order chi connectivity index (χ0) is 11.7. The van der Waals surface area contributed by atoms with Gasteiger partial charge in [-0.05, 0) is 47.9 Å². The predicted molar refractivity (Wildman–Crippen MR) is 71.0 cm³/mol. The van der Waals surface area contributed by atoms with Crippen molar-refractivity contribution in [2.75, 3.05) is 5.73 Å². The van der Waals surface area contributed by atoms with Gasteiger partial charge in [0.15, 0.2) is 0 Å². The minimum atomic E-state index is 0.565. The Morgan fingerprint density at radius 3 is 2.31 bits per heavy atom. The third-order valence-corrected chi connectivity index (χ3v) is 3.22. The van der Waals surface area contributed by atoms with E-state index >= 15 is 0 Å². The average molecular weight is 252 g/mol. The molecule has 0 aliphatic heterocycles. The number of nitrogen functional groups attached to an aromatic ring is 1. The van der Waals surface area contributed by atoms with E-state index in [0.717, 1.165) is 22.4 Å². The Hall–Kier alpha value is -1.18. The van der Waals surface area contributed by atoms with Gasteiger partial charge in [0.2, 0.25) is 0 Å². The van der Waals surface area contributed by atoms with E-state index in [-0.39, 0.29) is 0 Å². The fraction of sp³-hybridized carbons (Fsp3) is 0.0769. The fourth-order valence-electron chi connectivity index (χ4n) is 1.67. The molecule has 2 rings (SSSR count). The maximum absolute atomic E-state index is 5.99. The van der Waals surface area contributed by atoms with Crippen LogP contribution < -0.4 is 5.73 Å². The Bertz CT molecular complexity index is 535. The van der Waals surface area contributed by atoms with Gasteiger partial charge in [-0.3, -0.25) is 0 Å². The molecule has 2 aromatic carbocycles. The van der Waals surface area contributed by atoms with Crippen LogP contribution in [-0.2, 0) is 0 Å². The van der Waals surface area contributed by atoms with Crippen molar-refractivity contribution in [1.29, 1.82) is 0 Å². The topological polar surface area (TPSA) is 26.0 Å². The highest BCUT2D eigenvalue weighted by molar-refractivity contribution is 6.42. The SMILES string of the molecule is Cc1cc(N)ccc1-c1ccc(Cl)c(Cl)c1. The van der Waals surface area contributed by atoms with Crippen molar-refractivity contribution in [3.05, 3.63) is 52.0 Å². The maximum Gasteiger partial charge on any atom is 0.0598 e. The molecule has 2 N–H and O–H groups in total. The molecule has 0 atom stereocenters. The van der Waals surface area contributed by atoms with Crippen molar-refractivity contribution in [3.63, 3.8) is 0 Å². The van der Waals surface area contributed by atoms with Gasteiger partial charge in [-0.15, -0.1) is 0 Å². The standard InChI is InChI=1S/C13H11Cl2N/c1-8-6-10(16)3-4-11(8)9-2-5-12(14)13(15)7-9/h2-7H,16H2,1H3.